The van der Waals surface area contributed by atoms with E-state index in [0.29, 0.717) is 41.1 Å². The largest absolute Gasteiger partial charge is 0.492 e. The standard InChI is InChI=1S/C21H24ClN3O4S2/c1-4-29-17-6-5-7-18-20(17)23-21(30-18)25(13-12-24(2)3)19(26)14-31(27,28)16-10-8-15(22)9-11-16/h5-11H,4,12-14H2,1-3H3. The van der Waals surface area contributed by atoms with Gasteiger partial charge in [-0.2, -0.15) is 0 Å². The Balaban J connectivity index is 1.93. The molecule has 1 amide bonds. The molecule has 1 aromatic heterocycles. The highest BCUT2D eigenvalue weighted by atomic mass is 35.5. The molecule has 7 nitrogen and oxygen atoms in total. The number of anilines is 1. The second-order valence-corrected chi connectivity index (χ2v) is 10.5. The number of fused-ring (bicyclic) bond motifs is 1. The molecule has 0 aliphatic heterocycles. The maximum absolute atomic E-state index is 13.1. The third-order valence-corrected chi connectivity index (χ3v) is 7.37. The van der Waals surface area contributed by atoms with Crippen LogP contribution < -0.4 is 9.64 Å². The summed E-state index contributed by atoms with van der Waals surface area (Å²) in [7, 11) is -0.0509. The summed E-state index contributed by atoms with van der Waals surface area (Å²) in [5.74, 6) is -0.554. The SMILES string of the molecule is CCOc1cccc2sc(N(CCN(C)C)C(=O)CS(=O)(=O)c3ccc(Cl)cc3)nc12. The fourth-order valence-electron chi connectivity index (χ4n) is 2.89. The summed E-state index contributed by atoms with van der Waals surface area (Å²) in [4.78, 5) is 21.2. The Morgan fingerprint density at radius 3 is 2.48 bits per heavy atom. The van der Waals surface area contributed by atoms with E-state index < -0.39 is 21.5 Å². The predicted octanol–water partition coefficient (Wildman–Crippen LogP) is 3.72. The molecule has 10 heteroatoms. The zero-order valence-corrected chi connectivity index (χ0v) is 19.9. The van der Waals surface area contributed by atoms with Gasteiger partial charge in [0.25, 0.3) is 0 Å². The highest BCUT2D eigenvalue weighted by Crippen LogP contribution is 2.34. The van der Waals surface area contributed by atoms with Crippen LogP contribution in [-0.2, 0) is 14.6 Å². The number of carbonyl (C=O) groups excluding carboxylic acids is 1. The molecule has 166 valence electrons. The van der Waals surface area contributed by atoms with Gasteiger partial charge < -0.3 is 9.64 Å². The first kappa shape index (κ1) is 23.5. The number of halogens is 1. The number of hydrogen-bond donors (Lipinski definition) is 0. The summed E-state index contributed by atoms with van der Waals surface area (Å²) in [5.41, 5.74) is 0.660. The van der Waals surface area contributed by atoms with Crippen molar-refractivity contribution < 1.29 is 17.9 Å². The normalized spacial score (nSPS) is 11.8. The fourth-order valence-corrected chi connectivity index (χ4v) is 5.24. The van der Waals surface area contributed by atoms with E-state index in [4.69, 9.17) is 16.3 Å². The lowest BCUT2D eigenvalue weighted by Gasteiger charge is -2.22. The molecule has 0 saturated heterocycles. The topological polar surface area (TPSA) is 79.8 Å². The van der Waals surface area contributed by atoms with Crippen LogP contribution in [0.25, 0.3) is 10.2 Å². The number of hydrogen-bond acceptors (Lipinski definition) is 7. The van der Waals surface area contributed by atoms with Crippen LogP contribution in [-0.4, -0.2) is 63.8 Å². The van der Waals surface area contributed by atoms with Gasteiger partial charge in [0.1, 0.15) is 17.0 Å². The summed E-state index contributed by atoms with van der Waals surface area (Å²) in [6, 6.07) is 11.4. The predicted molar refractivity (Wildman–Crippen MR) is 125 cm³/mol. The van der Waals surface area contributed by atoms with Gasteiger partial charge in [-0.15, -0.1) is 0 Å². The van der Waals surface area contributed by atoms with Crippen molar-refractivity contribution in [1.29, 1.82) is 0 Å². The third-order valence-electron chi connectivity index (χ3n) is 4.46. The van der Waals surface area contributed by atoms with Gasteiger partial charge in [0.15, 0.2) is 15.0 Å². The van der Waals surface area contributed by atoms with E-state index >= 15 is 0 Å². The van der Waals surface area contributed by atoms with Gasteiger partial charge in [-0.05, 0) is 57.4 Å². The van der Waals surface area contributed by atoms with Crippen molar-refractivity contribution in [3.05, 3.63) is 47.5 Å². The molecule has 0 spiro atoms. The first-order valence-electron chi connectivity index (χ1n) is 9.67. The van der Waals surface area contributed by atoms with Crippen molar-refractivity contribution in [3.8, 4) is 5.75 Å². The Bertz CT molecular complexity index is 1160. The Kier molecular flexibility index (Phi) is 7.53. The quantitative estimate of drug-likeness (QED) is 0.463. The lowest BCUT2D eigenvalue weighted by molar-refractivity contribution is -0.116. The lowest BCUT2D eigenvalue weighted by atomic mass is 10.3. The Hall–Kier alpha value is -2.20. The second kappa shape index (κ2) is 9.95. The van der Waals surface area contributed by atoms with E-state index in [2.05, 4.69) is 4.98 Å². The highest BCUT2D eigenvalue weighted by molar-refractivity contribution is 7.92. The van der Waals surface area contributed by atoms with Crippen molar-refractivity contribution in [2.45, 2.75) is 11.8 Å². The van der Waals surface area contributed by atoms with Gasteiger partial charge in [0, 0.05) is 18.1 Å². The Morgan fingerprint density at radius 2 is 1.84 bits per heavy atom. The number of thiazole rings is 1. The molecule has 1 heterocycles. The van der Waals surface area contributed by atoms with E-state index in [1.54, 1.807) is 0 Å². The first-order valence-corrected chi connectivity index (χ1v) is 12.5. The fraction of sp³-hybridized carbons (Fsp3) is 0.333. The molecule has 31 heavy (non-hydrogen) atoms. The van der Waals surface area contributed by atoms with Gasteiger partial charge >= 0.3 is 0 Å². The van der Waals surface area contributed by atoms with Gasteiger partial charge in [-0.3, -0.25) is 9.69 Å². The van der Waals surface area contributed by atoms with E-state index in [-0.39, 0.29) is 4.90 Å². The first-order chi connectivity index (χ1) is 14.7. The number of aromatic nitrogens is 1. The molecule has 0 aliphatic carbocycles. The van der Waals surface area contributed by atoms with Gasteiger partial charge in [0.2, 0.25) is 5.91 Å². The molecule has 0 unspecified atom stereocenters. The van der Waals surface area contributed by atoms with Crippen molar-refractivity contribution in [2.75, 3.05) is 44.4 Å². The average molecular weight is 482 g/mol. The maximum Gasteiger partial charge on any atom is 0.244 e. The minimum atomic E-state index is -3.83. The van der Waals surface area contributed by atoms with Gasteiger partial charge in [-0.25, -0.2) is 13.4 Å². The molecule has 0 fully saturated rings. The van der Waals surface area contributed by atoms with Crippen LogP contribution in [0.2, 0.25) is 5.02 Å². The molecule has 2 aromatic carbocycles. The molecule has 0 bridgehead atoms. The number of benzene rings is 2. The molecule has 0 aliphatic rings. The van der Waals surface area contributed by atoms with Crippen molar-refractivity contribution in [2.24, 2.45) is 0 Å². The smallest absolute Gasteiger partial charge is 0.244 e. The van der Waals surface area contributed by atoms with Gasteiger partial charge in [-0.1, -0.05) is 29.0 Å². The van der Waals surface area contributed by atoms with Crippen LogP contribution in [0.4, 0.5) is 5.13 Å². The molecule has 3 rings (SSSR count). The number of carbonyl (C=O) groups is 1. The van der Waals surface area contributed by atoms with Crippen LogP contribution in [0, 0.1) is 0 Å². The number of para-hydroxylation sites is 1. The van der Waals surface area contributed by atoms with E-state index in [1.165, 1.54) is 40.5 Å². The van der Waals surface area contributed by atoms with E-state index in [9.17, 15) is 13.2 Å². The molecule has 0 N–H and O–H groups in total. The zero-order chi connectivity index (χ0) is 22.6. The summed E-state index contributed by atoms with van der Waals surface area (Å²) >= 11 is 7.18. The van der Waals surface area contributed by atoms with Crippen LogP contribution in [0.15, 0.2) is 47.4 Å². The number of likely N-dealkylation sites (N-methyl/N-ethyl adjacent to an activating group) is 1. The molecule has 3 aromatic rings. The molecule has 0 atom stereocenters. The van der Waals surface area contributed by atoms with E-state index in [1.807, 2.05) is 44.1 Å². The number of nitrogens with zero attached hydrogens (tertiary/aromatic N) is 3. The second-order valence-electron chi connectivity index (χ2n) is 7.09. The van der Waals surface area contributed by atoms with Gasteiger partial charge in [0.05, 0.1) is 16.2 Å². The minimum absolute atomic E-state index is 0.0562. The monoisotopic (exact) mass is 481 g/mol. The molecule has 0 saturated carbocycles. The molecular formula is C21H24ClN3O4S2. The molecular weight excluding hydrogens is 458 g/mol. The maximum atomic E-state index is 13.1. The minimum Gasteiger partial charge on any atom is -0.492 e. The third kappa shape index (κ3) is 5.74. The van der Waals surface area contributed by atoms with Crippen molar-refractivity contribution >= 4 is 54.0 Å². The van der Waals surface area contributed by atoms with Crippen LogP contribution in [0.3, 0.4) is 0 Å². The summed E-state index contributed by atoms with van der Waals surface area (Å²) < 4.78 is 32.1. The summed E-state index contributed by atoms with van der Waals surface area (Å²) in [6.07, 6.45) is 0. The Morgan fingerprint density at radius 1 is 1.13 bits per heavy atom. The summed E-state index contributed by atoms with van der Waals surface area (Å²) in [5, 5.41) is 0.873. The highest BCUT2D eigenvalue weighted by Gasteiger charge is 2.27. The number of rotatable bonds is 9. The Labute approximate surface area is 191 Å². The van der Waals surface area contributed by atoms with Crippen molar-refractivity contribution in [3.63, 3.8) is 0 Å². The van der Waals surface area contributed by atoms with Crippen LogP contribution in [0.1, 0.15) is 6.92 Å². The summed E-state index contributed by atoms with van der Waals surface area (Å²) in [6.45, 7) is 3.25. The lowest BCUT2D eigenvalue weighted by Crippen LogP contribution is -2.40. The number of amides is 1. The van der Waals surface area contributed by atoms with E-state index in [0.717, 1.165) is 4.70 Å². The average Bonchev–Trinajstić information content (AvgIpc) is 3.13. The number of ether oxygens (including phenoxy) is 1. The molecule has 0 radical (unpaired) electrons. The van der Waals surface area contributed by atoms with Crippen LogP contribution in [0.5, 0.6) is 5.75 Å². The number of sulfone groups is 1. The zero-order valence-electron chi connectivity index (χ0n) is 17.5. The van der Waals surface area contributed by atoms with Crippen molar-refractivity contribution in [1.82, 2.24) is 9.88 Å². The van der Waals surface area contributed by atoms with Crippen LogP contribution >= 0.6 is 22.9 Å².